The van der Waals surface area contributed by atoms with Crippen molar-refractivity contribution in [3.63, 3.8) is 0 Å². The number of carbonyl (C=O) groups is 1. The molecule has 1 aromatic carbocycles. The lowest BCUT2D eigenvalue weighted by Gasteiger charge is -2.11. The molecule has 0 unspecified atom stereocenters. The van der Waals surface area contributed by atoms with Gasteiger partial charge >= 0.3 is 0 Å². The van der Waals surface area contributed by atoms with Gasteiger partial charge in [0, 0.05) is 12.8 Å². The fourth-order valence-corrected chi connectivity index (χ4v) is 2.13. The summed E-state index contributed by atoms with van der Waals surface area (Å²) in [6.07, 6.45) is -1.95. The van der Waals surface area contributed by atoms with E-state index in [2.05, 4.69) is 0 Å². The number of ether oxygens (including phenoxy) is 1. The van der Waals surface area contributed by atoms with Crippen LogP contribution in [0.5, 0.6) is 0 Å². The van der Waals surface area contributed by atoms with Crippen molar-refractivity contribution in [3.8, 4) is 0 Å². The van der Waals surface area contributed by atoms with Crippen LogP contribution in [0, 0.1) is 20.8 Å². The first-order valence-corrected chi connectivity index (χ1v) is 6.34. The predicted molar refractivity (Wildman–Crippen MR) is 70.8 cm³/mol. The first-order valence-electron chi connectivity index (χ1n) is 6.34. The SMILES string of the molecule is Cc1cc(C)c(CC(=O)CCOCC(F)F)c(C)c1. The van der Waals surface area contributed by atoms with Gasteiger partial charge in [0.25, 0.3) is 6.43 Å². The van der Waals surface area contributed by atoms with Crippen LogP contribution in [0.25, 0.3) is 0 Å². The lowest BCUT2D eigenvalue weighted by Crippen LogP contribution is -2.12. The highest BCUT2D eigenvalue weighted by Crippen LogP contribution is 2.17. The zero-order chi connectivity index (χ0) is 14.4. The van der Waals surface area contributed by atoms with E-state index in [1.807, 2.05) is 32.9 Å². The minimum absolute atomic E-state index is 0.0179. The Morgan fingerprint density at radius 3 is 2.32 bits per heavy atom. The standard InChI is InChI=1S/C15H20F2O2/c1-10-6-11(2)14(12(3)7-10)8-13(18)4-5-19-9-15(16)17/h6-7,15H,4-5,8-9H2,1-3H3. The van der Waals surface area contributed by atoms with E-state index >= 15 is 0 Å². The quantitative estimate of drug-likeness (QED) is 0.710. The molecule has 0 aliphatic carbocycles. The second-order valence-corrected chi connectivity index (χ2v) is 4.81. The number of carbonyl (C=O) groups excluding carboxylic acids is 1. The molecule has 0 bridgehead atoms. The first kappa shape index (κ1) is 15.8. The molecule has 0 aromatic heterocycles. The molecule has 0 N–H and O–H groups in total. The molecule has 0 aliphatic rings. The van der Waals surface area contributed by atoms with Gasteiger partial charge in [0.2, 0.25) is 0 Å². The van der Waals surface area contributed by atoms with Gasteiger partial charge in [0.15, 0.2) is 0 Å². The van der Waals surface area contributed by atoms with Crippen LogP contribution in [0.3, 0.4) is 0 Å². The van der Waals surface area contributed by atoms with Gasteiger partial charge in [-0.2, -0.15) is 0 Å². The maximum atomic E-state index is 11.8. The fraction of sp³-hybridized carbons (Fsp3) is 0.533. The number of Topliss-reactive ketones (excluding diaryl/α,β-unsaturated/α-hetero) is 1. The molecule has 0 aliphatic heterocycles. The third-order valence-electron chi connectivity index (χ3n) is 2.98. The number of ketones is 1. The Bertz CT molecular complexity index is 419. The van der Waals surface area contributed by atoms with Crippen LogP contribution in [-0.4, -0.2) is 25.4 Å². The Balaban J connectivity index is 2.49. The summed E-state index contributed by atoms with van der Waals surface area (Å²) in [5.74, 6) is 0.0179. The Hall–Kier alpha value is -1.29. The van der Waals surface area contributed by atoms with E-state index in [0.29, 0.717) is 6.42 Å². The van der Waals surface area contributed by atoms with Gasteiger partial charge < -0.3 is 4.74 Å². The summed E-state index contributed by atoms with van der Waals surface area (Å²) < 4.78 is 28.4. The van der Waals surface area contributed by atoms with E-state index in [-0.39, 0.29) is 18.8 Å². The number of hydrogen-bond acceptors (Lipinski definition) is 2. The second kappa shape index (κ2) is 7.34. The van der Waals surface area contributed by atoms with Crippen molar-refractivity contribution in [2.45, 2.75) is 40.0 Å². The summed E-state index contributed by atoms with van der Waals surface area (Å²) in [6.45, 7) is 5.44. The van der Waals surface area contributed by atoms with Gasteiger partial charge in [0.1, 0.15) is 12.4 Å². The molecule has 0 amide bonds. The molecule has 0 atom stereocenters. The van der Waals surface area contributed by atoms with Gasteiger partial charge in [-0.3, -0.25) is 4.79 Å². The molecule has 0 saturated heterocycles. The minimum atomic E-state index is -2.48. The van der Waals surface area contributed by atoms with Crippen molar-refractivity contribution < 1.29 is 18.3 Å². The molecule has 0 spiro atoms. The van der Waals surface area contributed by atoms with Crippen molar-refractivity contribution in [3.05, 3.63) is 34.4 Å². The number of hydrogen-bond donors (Lipinski definition) is 0. The van der Waals surface area contributed by atoms with Gasteiger partial charge in [0.05, 0.1) is 6.61 Å². The molecule has 0 heterocycles. The predicted octanol–water partition coefficient (Wildman–Crippen LogP) is 3.40. The number of halogens is 2. The summed E-state index contributed by atoms with van der Waals surface area (Å²) in [6, 6.07) is 4.09. The molecule has 0 radical (unpaired) electrons. The summed E-state index contributed by atoms with van der Waals surface area (Å²) in [5.41, 5.74) is 4.40. The second-order valence-electron chi connectivity index (χ2n) is 4.81. The monoisotopic (exact) mass is 270 g/mol. The van der Waals surface area contributed by atoms with Crippen molar-refractivity contribution in [1.82, 2.24) is 0 Å². The molecule has 4 heteroatoms. The van der Waals surface area contributed by atoms with Crippen molar-refractivity contribution in [2.75, 3.05) is 13.2 Å². The van der Waals surface area contributed by atoms with E-state index in [0.717, 1.165) is 16.7 Å². The van der Waals surface area contributed by atoms with Crippen LogP contribution in [0.15, 0.2) is 12.1 Å². The molecule has 2 nitrogen and oxygen atoms in total. The minimum Gasteiger partial charge on any atom is -0.375 e. The van der Waals surface area contributed by atoms with Crippen LogP contribution < -0.4 is 0 Å². The molecule has 19 heavy (non-hydrogen) atoms. The van der Waals surface area contributed by atoms with Crippen molar-refractivity contribution in [2.24, 2.45) is 0 Å². The largest absolute Gasteiger partial charge is 0.375 e. The van der Waals surface area contributed by atoms with E-state index in [1.165, 1.54) is 5.56 Å². The third-order valence-corrected chi connectivity index (χ3v) is 2.98. The fourth-order valence-electron chi connectivity index (χ4n) is 2.13. The zero-order valence-corrected chi connectivity index (χ0v) is 11.6. The topological polar surface area (TPSA) is 26.3 Å². The van der Waals surface area contributed by atoms with Crippen LogP contribution in [0.4, 0.5) is 8.78 Å². The Kier molecular flexibility index (Phi) is 6.09. The number of rotatable bonds is 7. The highest BCUT2D eigenvalue weighted by atomic mass is 19.3. The summed E-state index contributed by atoms with van der Waals surface area (Å²) >= 11 is 0. The van der Waals surface area contributed by atoms with E-state index < -0.39 is 13.0 Å². The molecular weight excluding hydrogens is 250 g/mol. The lowest BCUT2D eigenvalue weighted by molar-refractivity contribution is -0.119. The summed E-state index contributed by atoms with van der Waals surface area (Å²) in [4.78, 5) is 11.8. The van der Waals surface area contributed by atoms with Gasteiger partial charge in [-0.05, 0) is 37.5 Å². The molecule has 0 fully saturated rings. The lowest BCUT2D eigenvalue weighted by atomic mass is 9.95. The highest BCUT2D eigenvalue weighted by molar-refractivity contribution is 5.81. The molecule has 0 saturated carbocycles. The average Bonchev–Trinajstić information content (AvgIpc) is 2.29. The maximum Gasteiger partial charge on any atom is 0.261 e. The molecule has 1 aromatic rings. The Morgan fingerprint density at radius 1 is 1.21 bits per heavy atom. The van der Waals surface area contributed by atoms with E-state index in [1.54, 1.807) is 0 Å². The third kappa shape index (κ3) is 5.47. The molecule has 1 rings (SSSR count). The molecule has 106 valence electrons. The van der Waals surface area contributed by atoms with E-state index in [9.17, 15) is 13.6 Å². The number of benzene rings is 1. The summed E-state index contributed by atoms with van der Waals surface area (Å²) in [7, 11) is 0. The van der Waals surface area contributed by atoms with Crippen molar-refractivity contribution in [1.29, 1.82) is 0 Å². The normalized spacial score (nSPS) is 11.1. The van der Waals surface area contributed by atoms with E-state index in [4.69, 9.17) is 4.74 Å². The van der Waals surface area contributed by atoms with Gasteiger partial charge in [-0.15, -0.1) is 0 Å². The van der Waals surface area contributed by atoms with Gasteiger partial charge in [-0.25, -0.2) is 8.78 Å². The smallest absolute Gasteiger partial charge is 0.261 e. The maximum absolute atomic E-state index is 11.8. The summed E-state index contributed by atoms with van der Waals surface area (Å²) in [5, 5.41) is 0. The van der Waals surface area contributed by atoms with Crippen LogP contribution in [0.1, 0.15) is 28.7 Å². The van der Waals surface area contributed by atoms with Crippen LogP contribution >= 0.6 is 0 Å². The average molecular weight is 270 g/mol. The Labute approximate surface area is 112 Å². The van der Waals surface area contributed by atoms with Gasteiger partial charge in [-0.1, -0.05) is 17.7 Å². The van der Waals surface area contributed by atoms with Crippen LogP contribution in [0.2, 0.25) is 0 Å². The van der Waals surface area contributed by atoms with Crippen LogP contribution in [-0.2, 0) is 16.0 Å². The highest BCUT2D eigenvalue weighted by Gasteiger charge is 2.10. The van der Waals surface area contributed by atoms with Crippen molar-refractivity contribution >= 4 is 5.78 Å². The Morgan fingerprint density at radius 2 is 1.79 bits per heavy atom. The number of aryl methyl sites for hydroxylation is 3. The zero-order valence-electron chi connectivity index (χ0n) is 11.6. The molecular formula is C15H20F2O2. The number of alkyl halides is 2. The first-order chi connectivity index (χ1) is 8.90.